The third kappa shape index (κ3) is 5.47. The number of nitrogens with zero attached hydrogens (tertiary/aromatic N) is 4. The van der Waals surface area contributed by atoms with E-state index in [1.54, 1.807) is 18.2 Å². The molecule has 5 heterocycles. The Balaban J connectivity index is 0.00000451. The van der Waals surface area contributed by atoms with Crippen molar-refractivity contribution < 1.29 is 39.5 Å². The number of carbonyl (C=O) groups excluding carboxylic acids is 2. The van der Waals surface area contributed by atoms with Crippen LogP contribution in [0.1, 0.15) is 72.0 Å². The van der Waals surface area contributed by atoms with Crippen molar-refractivity contribution in [3.05, 3.63) is 89.9 Å². The molecule has 0 amide bonds. The molecule has 248 valence electrons. The van der Waals surface area contributed by atoms with Crippen LogP contribution in [0.25, 0.3) is 34.9 Å². The van der Waals surface area contributed by atoms with E-state index >= 15 is 0 Å². The summed E-state index contributed by atoms with van der Waals surface area (Å²) in [5.41, 5.74) is 2.02. The summed E-state index contributed by atoms with van der Waals surface area (Å²) < 4.78 is 4.96. The van der Waals surface area contributed by atoms with E-state index in [0.717, 1.165) is 17.4 Å². The molecule has 3 aliphatic heterocycles. The van der Waals surface area contributed by atoms with Gasteiger partial charge in [0.25, 0.3) is 0 Å². The van der Waals surface area contributed by atoms with Gasteiger partial charge in [0.15, 0.2) is 6.79 Å². The number of aromatic nitrogens is 2. The second-order valence-electron chi connectivity index (χ2n) is 12.5. The Labute approximate surface area is 293 Å². The number of carboxylic acids is 1. The van der Waals surface area contributed by atoms with Gasteiger partial charge < -0.3 is 45.8 Å². The summed E-state index contributed by atoms with van der Waals surface area (Å²) in [5.74, 6) is -4.50. The van der Waals surface area contributed by atoms with Gasteiger partial charge in [0.2, 0.25) is 0 Å². The molecule has 0 radical (unpaired) electrons. The van der Waals surface area contributed by atoms with Gasteiger partial charge in [0, 0.05) is 17.6 Å². The van der Waals surface area contributed by atoms with E-state index in [4.69, 9.17) is 25.3 Å². The Hall–Kier alpha value is -3.88. The predicted octanol–water partition coefficient (Wildman–Crippen LogP) is 2.08. The first kappa shape index (κ1) is 35.4. The van der Waals surface area contributed by atoms with Crippen LogP contribution in [-0.2, 0) is 20.7 Å². The molecule has 6 atom stereocenters. The van der Waals surface area contributed by atoms with E-state index in [2.05, 4.69) is 6.58 Å². The van der Waals surface area contributed by atoms with Crippen molar-refractivity contribution in [3.8, 4) is 0 Å². The first-order valence-corrected chi connectivity index (χ1v) is 15.5. The fraction of sp³-hybridized carbons (Fsp3) is 0.400. The molecule has 2 aromatic heterocycles. The number of carboxylic acid groups (broad SMARTS) is 1. The van der Waals surface area contributed by atoms with Crippen LogP contribution < -0.4 is 20.7 Å². The number of ether oxygens (including phenoxy) is 1. The number of esters is 1. The quantitative estimate of drug-likeness (QED) is 0.140. The van der Waals surface area contributed by atoms with Gasteiger partial charge in [-0.15, -0.1) is 51.6 Å². The maximum atomic E-state index is 13.3. The number of aliphatic hydroxyl groups is 3. The van der Waals surface area contributed by atoms with E-state index in [-0.39, 0.29) is 64.4 Å². The minimum Gasteiger partial charge on any atom is -0.658 e. The van der Waals surface area contributed by atoms with Crippen molar-refractivity contribution in [3.63, 3.8) is 0 Å². The van der Waals surface area contributed by atoms with Crippen LogP contribution in [0.5, 0.6) is 0 Å². The van der Waals surface area contributed by atoms with Crippen molar-refractivity contribution >= 4 is 65.6 Å². The predicted molar refractivity (Wildman–Crippen MR) is 178 cm³/mol. The first-order valence-electron chi connectivity index (χ1n) is 15.5. The topological polar surface area (TPSA) is 198 Å². The Morgan fingerprint density at radius 1 is 1.15 bits per heavy atom. The largest absolute Gasteiger partial charge is 2.00 e. The van der Waals surface area contributed by atoms with Gasteiger partial charge in [-0.3, -0.25) is 14.4 Å². The molecule has 0 saturated carbocycles. The van der Waals surface area contributed by atoms with Crippen molar-refractivity contribution in [2.75, 3.05) is 6.79 Å². The Bertz CT molecular complexity index is 1930. The summed E-state index contributed by atoms with van der Waals surface area (Å²) in [6.45, 7) is 10.2. The van der Waals surface area contributed by atoms with Crippen molar-refractivity contribution in [1.29, 1.82) is 0 Å². The minimum absolute atomic E-state index is 0. The molecular weight excluding hydrogens is 629 g/mol. The third-order valence-electron chi connectivity index (χ3n) is 9.98. The molecule has 4 N–H and O–H groups in total. The molecule has 2 fully saturated rings. The second-order valence-corrected chi connectivity index (χ2v) is 12.5. The van der Waals surface area contributed by atoms with Gasteiger partial charge >= 0.3 is 35.0 Å². The maximum Gasteiger partial charge on any atom is 2.00 e. The minimum atomic E-state index is -1.90. The van der Waals surface area contributed by atoms with Gasteiger partial charge in [0.05, 0.1) is 5.60 Å². The number of hydrogen-bond acceptors (Lipinski definition) is 7. The Morgan fingerprint density at radius 3 is 2.50 bits per heavy atom. The van der Waals surface area contributed by atoms with E-state index in [1.807, 2.05) is 26.8 Å². The molecule has 6 rings (SSSR count). The fourth-order valence-corrected chi connectivity index (χ4v) is 7.55. The van der Waals surface area contributed by atoms with Gasteiger partial charge in [-0.1, -0.05) is 67.2 Å². The summed E-state index contributed by atoms with van der Waals surface area (Å²) in [6.07, 6.45) is 8.12. The zero-order chi connectivity index (χ0) is 33.9. The van der Waals surface area contributed by atoms with E-state index in [1.165, 1.54) is 6.92 Å². The molecule has 2 saturated heterocycles. The number of carbonyl (C=O) groups is 3. The molecular formula is C35H36MgN4O8-2. The number of fused-ring (bicyclic) bond motifs is 8. The Morgan fingerprint density at radius 2 is 1.88 bits per heavy atom. The number of aliphatic hydroxyl groups excluding tert-OH is 2. The van der Waals surface area contributed by atoms with Crippen molar-refractivity contribution in [2.45, 2.75) is 64.6 Å². The standard InChI is InChI=1S/C35H38N4O8.Mg/c1-6-17-15(3)21-10-22-16(4)19(8-9-27(42)43)31(38-22)28-29(34(45)47-14-41)33(44)30-32(28)39-26(35(30,5)46)12-25-18(7-2)20(13-40)24(37-25)11-23(17)36-21;/h6,10-13,16,19,22,29,31,41,46H,1,7-9,14H2,2-5H3,(H4,36,37,40,42,43,44);/q-2;+2/p-2/b21-10+,26-12-;/t16-,19-,22?,29+,31?,35-;/m0./s1. The zero-order valence-electron chi connectivity index (χ0n) is 27.2. The number of aldehydes is 1. The average Bonchev–Trinajstić information content (AvgIpc) is 3.75. The summed E-state index contributed by atoms with van der Waals surface area (Å²) >= 11 is 0. The molecule has 13 heteroatoms. The van der Waals surface area contributed by atoms with Crippen molar-refractivity contribution in [1.82, 2.24) is 9.97 Å². The van der Waals surface area contributed by atoms with Crippen LogP contribution in [0.3, 0.4) is 0 Å². The monoisotopic (exact) mass is 664 g/mol. The normalized spacial score (nSPS) is 29.5. The zero-order valence-corrected chi connectivity index (χ0v) is 28.6. The SMILES string of the molecule is C=Cc1c(C)/c2[n-]/c1=C\c1[n-]c(c(CC)c1C=O)/C=C1\[N-]C3=C(C4[N-]C(/C=2)[C@@H](C)[C@@H]4CCC(=O)O)[C@@H](C(=O)OCO)C(O)=C3[C@@]1(C)O.[Mg+2]. The smallest absolute Gasteiger partial charge is 0.658 e. The van der Waals surface area contributed by atoms with Gasteiger partial charge in [-0.2, -0.15) is 0 Å². The first-order chi connectivity index (χ1) is 22.4. The molecule has 12 nitrogen and oxygen atoms in total. The number of aliphatic carboxylic acids is 1. The van der Waals surface area contributed by atoms with Crippen LogP contribution in [0.2, 0.25) is 0 Å². The van der Waals surface area contributed by atoms with Crippen LogP contribution in [0.15, 0.2) is 34.9 Å². The summed E-state index contributed by atoms with van der Waals surface area (Å²) in [4.78, 5) is 47.2. The second kappa shape index (κ2) is 13.2. The fourth-order valence-electron chi connectivity index (χ4n) is 7.55. The molecule has 2 aromatic rings. The van der Waals surface area contributed by atoms with Crippen molar-refractivity contribution in [2.24, 2.45) is 17.8 Å². The summed E-state index contributed by atoms with van der Waals surface area (Å²) in [5, 5.41) is 53.7. The van der Waals surface area contributed by atoms with Crippen LogP contribution in [-0.4, -0.2) is 86.2 Å². The van der Waals surface area contributed by atoms with E-state index in [9.17, 15) is 34.8 Å². The van der Waals surface area contributed by atoms with Gasteiger partial charge in [-0.05, 0) is 32.3 Å². The molecule has 1 aliphatic carbocycles. The number of hydrogen-bond donors (Lipinski definition) is 4. The van der Waals surface area contributed by atoms with E-state index < -0.39 is 54.0 Å². The van der Waals surface area contributed by atoms with Crippen LogP contribution in [0, 0.1) is 24.7 Å². The Kier molecular flexibility index (Phi) is 9.74. The third-order valence-corrected chi connectivity index (χ3v) is 9.98. The molecule has 2 unspecified atom stereocenters. The molecule has 4 aliphatic rings. The molecule has 0 spiro atoms. The van der Waals surface area contributed by atoms with E-state index in [0.29, 0.717) is 39.6 Å². The summed E-state index contributed by atoms with van der Waals surface area (Å²) in [7, 11) is 0. The number of rotatable bonds is 8. The van der Waals surface area contributed by atoms with Crippen LogP contribution in [0.4, 0.5) is 0 Å². The van der Waals surface area contributed by atoms with Gasteiger partial charge in [0.1, 0.15) is 18.0 Å². The molecule has 8 bridgehead atoms. The molecule has 48 heavy (non-hydrogen) atoms. The molecule has 0 aromatic carbocycles. The summed E-state index contributed by atoms with van der Waals surface area (Å²) in [6, 6.07) is -1.29. The van der Waals surface area contributed by atoms with Crippen LogP contribution >= 0.6 is 0 Å². The maximum absolute atomic E-state index is 13.3. The van der Waals surface area contributed by atoms with Gasteiger partial charge in [-0.25, -0.2) is 0 Å². The average molecular weight is 665 g/mol.